The number of rotatable bonds is 7. The first-order chi connectivity index (χ1) is 7.03. The van der Waals surface area contributed by atoms with E-state index in [1.54, 1.807) is 0 Å². The Hall–Kier alpha value is -0.620. The highest BCUT2D eigenvalue weighted by Crippen LogP contribution is 2.18. The number of nitrogens with one attached hydrogen (secondary N) is 1. The third-order valence-corrected chi connectivity index (χ3v) is 3.79. The Morgan fingerprint density at radius 1 is 1.47 bits per heavy atom. The molecule has 1 saturated carbocycles. The van der Waals surface area contributed by atoms with Gasteiger partial charge >= 0.3 is 5.97 Å². The van der Waals surface area contributed by atoms with Crippen LogP contribution in [0.5, 0.6) is 0 Å². The second-order valence-electron chi connectivity index (χ2n) is 3.75. The minimum absolute atomic E-state index is 0.0435. The van der Waals surface area contributed by atoms with E-state index in [1.807, 2.05) is 0 Å². The van der Waals surface area contributed by atoms with Crippen molar-refractivity contribution in [3.05, 3.63) is 0 Å². The maximum atomic E-state index is 11.3. The van der Waals surface area contributed by atoms with E-state index in [2.05, 4.69) is 10.1 Å². The first-order valence-corrected chi connectivity index (χ1v) is 6.86. The normalized spacial score (nSPS) is 16.3. The average Bonchev–Trinajstić information content (AvgIpc) is 2.95. The molecule has 88 valence electrons. The predicted octanol–water partition coefficient (Wildman–Crippen LogP) is -0.284. The van der Waals surface area contributed by atoms with Gasteiger partial charge in [-0.3, -0.25) is 4.79 Å². The maximum Gasteiger partial charge on any atom is 0.320 e. The number of esters is 1. The van der Waals surface area contributed by atoms with Crippen LogP contribution in [0.15, 0.2) is 0 Å². The molecule has 0 bridgehead atoms. The molecule has 0 aromatic heterocycles. The van der Waals surface area contributed by atoms with E-state index < -0.39 is 21.6 Å². The molecule has 1 fully saturated rings. The van der Waals surface area contributed by atoms with Crippen molar-refractivity contribution in [1.82, 2.24) is 5.32 Å². The summed E-state index contributed by atoms with van der Waals surface area (Å²) in [6, 6.07) is 0.591. The highest BCUT2D eigenvalue weighted by atomic mass is 32.2. The monoisotopic (exact) mass is 235 g/mol. The van der Waals surface area contributed by atoms with Gasteiger partial charge in [0.15, 0.2) is 9.84 Å². The molecule has 15 heavy (non-hydrogen) atoms. The van der Waals surface area contributed by atoms with Crippen molar-refractivity contribution in [1.29, 1.82) is 0 Å². The van der Waals surface area contributed by atoms with Crippen molar-refractivity contribution >= 4 is 15.8 Å². The molecule has 1 rings (SSSR count). The molecule has 1 aliphatic carbocycles. The highest BCUT2D eigenvalue weighted by molar-refractivity contribution is 7.92. The molecular weight excluding hydrogens is 218 g/mol. The van der Waals surface area contributed by atoms with Crippen molar-refractivity contribution < 1.29 is 17.9 Å². The lowest BCUT2D eigenvalue weighted by atomic mass is 10.5. The molecule has 0 unspecified atom stereocenters. The zero-order valence-corrected chi connectivity index (χ0v) is 9.68. The lowest BCUT2D eigenvalue weighted by Crippen LogP contribution is -2.24. The number of hydrogen-bond donors (Lipinski definition) is 1. The number of carbonyl (C=O) groups excluding carboxylic acids is 1. The van der Waals surface area contributed by atoms with Gasteiger partial charge in [-0.1, -0.05) is 0 Å². The molecule has 0 saturated heterocycles. The van der Waals surface area contributed by atoms with Crippen LogP contribution in [0.1, 0.15) is 19.3 Å². The molecule has 0 aromatic rings. The topological polar surface area (TPSA) is 72.5 Å². The smallest absolute Gasteiger partial charge is 0.320 e. The molecule has 6 heteroatoms. The van der Waals surface area contributed by atoms with Gasteiger partial charge in [0.25, 0.3) is 0 Å². The number of methoxy groups -OCH3 is 1. The second kappa shape index (κ2) is 5.46. The molecule has 1 N–H and O–H groups in total. The molecule has 0 atom stereocenters. The van der Waals surface area contributed by atoms with Crippen LogP contribution in [0.2, 0.25) is 0 Å². The molecular formula is C9H17NO4S. The largest absolute Gasteiger partial charge is 0.468 e. The zero-order chi connectivity index (χ0) is 11.3. The summed E-state index contributed by atoms with van der Waals surface area (Å²) in [5.74, 6) is -1.15. The summed E-state index contributed by atoms with van der Waals surface area (Å²) in [6.07, 6.45) is 2.93. The fourth-order valence-electron chi connectivity index (χ4n) is 1.20. The van der Waals surface area contributed by atoms with Gasteiger partial charge in [0.05, 0.1) is 12.9 Å². The van der Waals surface area contributed by atoms with Crippen LogP contribution in [0.3, 0.4) is 0 Å². The Morgan fingerprint density at radius 2 is 2.13 bits per heavy atom. The van der Waals surface area contributed by atoms with Gasteiger partial charge in [-0.2, -0.15) is 0 Å². The zero-order valence-electron chi connectivity index (χ0n) is 8.86. The van der Waals surface area contributed by atoms with E-state index in [0.717, 1.165) is 0 Å². The minimum Gasteiger partial charge on any atom is -0.468 e. The van der Waals surface area contributed by atoms with Gasteiger partial charge in [0, 0.05) is 6.04 Å². The van der Waals surface area contributed by atoms with E-state index >= 15 is 0 Å². The van der Waals surface area contributed by atoms with Crippen molar-refractivity contribution in [3.8, 4) is 0 Å². The third-order valence-electron chi connectivity index (χ3n) is 2.21. The molecule has 5 nitrogen and oxygen atoms in total. The first kappa shape index (κ1) is 12.4. The van der Waals surface area contributed by atoms with Crippen molar-refractivity contribution in [2.45, 2.75) is 25.3 Å². The van der Waals surface area contributed by atoms with Gasteiger partial charge in [-0.25, -0.2) is 8.42 Å². The van der Waals surface area contributed by atoms with E-state index in [0.29, 0.717) is 19.0 Å². The van der Waals surface area contributed by atoms with Crippen LogP contribution in [-0.4, -0.2) is 45.6 Å². The Labute approximate surface area is 90.1 Å². The van der Waals surface area contributed by atoms with Gasteiger partial charge in [0.1, 0.15) is 5.75 Å². The standard InChI is InChI=1S/C9H17NO4S/c1-14-9(11)7-15(12,13)6-2-5-10-8-3-4-8/h8,10H,2-7H2,1H3. The van der Waals surface area contributed by atoms with E-state index in [4.69, 9.17) is 0 Å². The Bertz CT molecular complexity index is 308. The number of hydrogen-bond acceptors (Lipinski definition) is 5. The van der Waals surface area contributed by atoms with Crippen LogP contribution in [0.4, 0.5) is 0 Å². The summed E-state index contributed by atoms with van der Waals surface area (Å²) in [7, 11) is -2.10. The SMILES string of the molecule is COC(=O)CS(=O)(=O)CCCNC1CC1. The quantitative estimate of drug-likeness (QED) is 0.485. The summed E-state index contributed by atoms with van der Waals surface area (Å²) in [5, 5.41) is 3.22. The minimum atomic E-state index is -3.28. The van der Waals surface area contributed by atoms with Crippen LogP contribution < -0.4 is 5.32 Å². The fourth-order valence-corrected chi connectivity index (χ4v) is 2.40. The highest BCUT2D eigenvalue weighted by Gasteiger charge is 2.21. The Kier molecular flexibility index (Phi) is 4.53. The molecule has 0 spiro atoms. The number of sulfone groups is 1. The van der Waals surface area contributed by atoms with Gasteiger partial charge < -0.3 is 10.1 Å². The predicted molar refractivity (Wildman–Crippen MR) is 56.3 cm³/mol. The maximum absolute atomic E-state index is 11.3. The van der Waals surface area contributed by atoms with Crippen LogP contribution in [-0.2, 0) is 19.4 Å². The third kappa shape index (κ3) is 5.74. The summed E-state index contributed by atoms with van der Waals surface area (Å²) >= 11 is 0. The lowest BCUT2D eigenvalue weighted by molar-refractivity contribution is -0.137. The van der Waals surface area contributed by atoms with Crippen LogP contribution in [0.25, 0.3) is 0 Å². The molecule has 0 amide bonds. The molecule has 0 heterocycles. The van der Waals surface area contributed by atoms with Crippen molar-refractivity contribution in [3.63, 3.8) is 0 Å². The second-order valence-corrected chi connectivity index (χ2v) is 5.93. The Morgan fingerprint density at radius 3 is 2.67 bits per heavy atom. The molecule has 1 aliphatic rings. The van der Waals surface area contributed by atoms with Crippen molar-refractivity contribution in [2.75, 3.05) is 25.2 Å². The molecule has 0 radical (unpaired) electrons. The summed E-state index contributed by atoms with van der Waals surface area (Å²) in [6.45, 7) is 0.699. The van der Waals surface area contributed by atoms with Gasteiger partial charge in [-0.05, 0) is 25.8 Å². The molecule has 0 aromatic carbocycles. The van der Waals surface area contributed by atoms with Crippen molar-refractivity contribution in [2.24, 2.45) is 0 Å². The summed E-state index contributed by atoms with van der Waals surface area (Å²) in [5.41, 5.74) is 0. The number of ether oxygens (including phenoxy) is 1. The van der Waals surface area contributed by atoms with Gasteiger partial charge in [0.2, 0.25) is 0 Å². The van der Waals surface area contributed by atoms with Crippen LogP contribution >= 0.6 is 0 Å². The number of carbonyl (C=O) groups is 1. The van der Waals surface area contributed by atoms with Crippen LogP contribution in [0, 0.1) is 0 Å². The summed E-state index contributed by atoms with van der Waals surface area (Å²) < 4.78 is 27.0. The average molecular weight is 235 g/mol. The molecule has 0 aliphatic heterocycles. The van der Waals surface area contributed by atoms with E-state index in [9.17, 15) is 13.2 Å². The first-order valence-electron chi connectivity index (χ1n) is 5.04. The summed E-state index contributed by atoms with van der Waals surface area (Å²) in [4.78, 5) is 10.8. The fraction of sp³-hybridized carbons (Fsp3) is 0.889. The Balaban J connectivity index is 2.13. The van der Waals surface area contributed by atoms with Gasteiger partial charge in [-0.15, -0.1) is 0 Å². The van der Waals surface area contributed by atoms with E-state index in [-0.39, 0.29) is 5.75 Å². The van der Waals surface area contributed by atoms with E-state index in [1.165, 1.54) is 20.0 Å². The lowest BCUT2D eigenvalue weighted by Gasteiger charge is -2.04.